The first-order valence-electron chi connectivity index (χ1n) is 2.23. The quantitative estimate of drug-likeness (QED) is 0.491. The zero-order valence-electron chi connectivity index (χ0n) is 4.69. The van der Waals surface area contributed by atoms with Gasteiger partial charge in [-0.2, -0.15) is 11.8 Å². The van der Waals surface area contributed by atoms with Crippen molar-refractivity contribution in [2.24, 2.45) is 0 Å². The molecule has 0 rings (SSSR count). The van der Waals surface area contributed by atoms with E-state index in [1.54, 1.807) is 11.8 Å². The Labute approximate surface area is 49.7 Å². The van der Waals surface area contributed by atoms with Crippen molar-refractivity contribution < 1.29 is 0 Å². The lowest BCUT2D eigenvalue weighted by Crippen LogP contribution is -1.89. The molecule has 0 aromatic heterocycles. The fourth-order valence-electron chi connectivity index (χ4n) is 0.227. The van der Waals surface area contributed by atoms with Gasteiger partial charge in [-0.15, -0.1) is 0 Å². The van der Waals surface area contributed by atoms with Crippen molar-refractivity contribution in [2.45, 2.75) is 18.6 Å². The Morgan fingerprint density at radius 1 is 1.86 bits per heavy atom. The summed E-state index contributed by atoms with van der Waals surface area (Å²) in [6.45, 7) is 2.09. The SMILES string of the molecule is [C]#CCC(C)SC. The maximum Gasteiger partial charge on any atom is 0.0215 e. The van der Waals surface area contributed by atoms with Crippen molar-refractivity contribution in [3.63, 3.8) is 0 Å². The Balaban J connectivity index is 3.03. The molecule has 0 aliphatic rings. The molecule has 0 nitrogen and oxygen atoms in total. The van der Waals surface area contributed by atoms with Crippen molar-refractivity contribution >= 4 is 11.8 Å². The van der Waals surface area contributed by atoms with Crippen LogP contribution in [0.25, 0.3) is 0 Å². The molecule has 1 atom stereocenters. The number of rotatable bonds is 2. The summed E-state index contributed by atoms with van der Waals surface area (Å²) < 4.78 is 0. The van der Waals surface area contributed by atoms with E-state index in [4.69, 9.17) is 6.42 Å². The lowest BCUT2D eigenvalue weighted by Gasteiger charge is -1.98. The second-order valence-electron chi connectivity index (χ2n) is 1.43. The van der Waals surface area contributed by atoms with Gasteiger partial charge in [0, 0.05) is 11.7 Å². The molecule has 0 aliphatic heterocycles. The third kappa shape index (κ3) is 3.75. The van der Waals surface area contributed by atoms with Gasteiger partial charge in [0.25, 0.3) is 0 Å². The first-order chi connectivity index (χ1) is 3.31. The van der Waals surface area contributed by atoms with E-state index in [2.05, 4.69) is 12.8 Å². The van der Waals surface area contributed by atoms with Crippen LogP contribution in [-0.2, 0) is 0 Å². The predicted molar refractivity (Wildman–Crippen MR) is 34.7 cm³/mol. The summed E-state index contributed by atoms with van der Waals surface area (Å²) in [6.07, 6.45) is 9.40. The summed E-state index contributed by atoms with van der Waals surface area (Å²) in [7, 11) is 0. The number of hydrogen-bond acceptors (Lipinski definition) is 1. The van der Waals surface area contributed by atoms with E-state index in [0.29, 0.717) is 5.25 Å². The monoisotopic (exact) mass is 113 g/mol. The summed E-state index contributed by atoms with van der Waals surface area (Å²) in [5.41, 5.74) is 0. The molecule has 0 N–H and O–H groups in total. The van der Waals surface area contributed by atoms with Crippen molar-refractivity contribution in [3.8, 4) is 5.92 Å². The highest BCUT2D eigenvalue weighted by molar-refractivity contribution is 7.99. The van der Waals surface area contributed by atoms with E-state index < -0.39 is 0 Å². The molecule has 0 saturated heterocycles. The molecule has 0 aromatic carbocycles. The molecule has 0 aromatic rings. The van der Waals surface area contributed by atoms with Crippen LogP contribution in [0.1, 0.15) is 13.3 Å². The van der Waals surface area contributed by atoms with Crippen LogP contribution in [0.4, 0.5) is 0 Å². The fraction of sp³-hybridized carbons (Fsp3) is 0.667. The molecule has 0 saturated carbocycles. The predicted octanol–water partition coefficient (Wildman–Crippen LogP) is 1.72. The highest BCUT2D eigenvalue weighted by atomic mass is 32.2. The largest absolute Gasteiger partial charge is 0.161 e. The van der Waals surface area contributed by atoms with Crippen LogP contribution in [0.2, 0.25) is 0 Å². The second kappa shape index (κ2) is 4.08. The van der Waals surface area contributed by atoms with E-state index in [0.717, 1.165) is 6.42 Å². The van der Waals surface area contributed by atoms with Crippen LogP contribution in [0.3, 0.4) is 0 Å². The molecule has 0 aliphatic carbocycles. The van der Waals surface area contributed by atoms with Gasteiger partial charge in [-0.25, -0.2) is 0 Å². The molecule has 0 heterocycles. The maximum atomic E-state index is 6.57. The Kier molecular flexibility index (Phi) is 4.03. The fourth-order valence-corrected chi connectivity index (χ4v) is 0.477. The number of thioether (sulfide) groups is 1. The molecule has 0 bridgehead atoms. The minimum absolute atomic E-state index is 0.567. The first-order valence-corrected chi connectivity index (χ1v) is 3.52. The van der Waals surface area contributed by atoms with Gasteiger partial charge in [0.15, 0.2) is 0 Å². The zero-order valence-corrected chi connectivity index (χ0v) is 5.51. The molecule has 39 valence electrons. The van der Waals surface area contributed by atoms with E-state index in [1.807, 2.05) is 6.26 Å². The maximum absolute atomic E-state index is 6.57. The third-order valence-electron chi connectivity index (χ3n) is 0.792. The molecule has 0 spiro atoms. The highest BCUT2D eigenvalue weighted by Gasteiger charge is 1.91. The van der Waals surface area contributed by atoms with Gasteiger partial charge in [0.1, 0.15) is 0 Å². The minimum Gasteiger partial charge on any atom is -0.161 e. The van der Waals surface area contributed by atoms with Crippen LogP contribution in [0.5, 0.6) is 0 Å². The Morgan fingerprint density at radius 2 is 2.43 bits per heavy atom. The van der Waals surface area contributed by atoms with Gasteiger partial charge in [0.2, 0.25) is 0 Å². The van der Waals surface area contributed by atoms with Crippen LogP contribution < -0.4 is 0 Å². The third-order valence-corrected chi connectivity index (χ3v) is 1.76. The van der Waals surface area contributed by atoms with Gasteiger partial charge in [0.05, 0.1) is 0 Å². The van der Waals surface area contributed by atoms with Crippen LogP contribution >= 0.6 is 11.8 Å². The minimum atomic E-state index is 0.567. The molecule has 1 heteroatoms. The summed E-state index contributed by atoms with van der Waals surface area (Å²) >= 11 is 1.77. The van der Waals surface area contributed by atoms with Gasteiger partial charge in [-0.3, -0.25) is 0 Å². The van der Waals surface area contributed by atoms with Crippen LogP contribution in [0, 0.1) is 12.3 Å². The van der Waals surface area contributed by atoms with E-state index in [-0.39, 0.29) is 0 Å². The molecule has 1 radical (unpaired) electrons. The summed E-state index contributed by atoms with van der Waals surface area (Å²) in [4.78, 5) is 0. The standard InChI is InChI=1S/C6H9S/c1-4-5-6(2)7-3/h6H,5H2,2-3H3. The van der Waals surface area contributed by atoms with Crippen molar-refractivity contribution in [3.05, 3.63) is 6.42 Å². The summed E-state index contributed by atoms with van der Waals surface area (Å²) in [5.74, 6) is 2.35. The van der Waals surface area contributed by atoms with Gasteiger partial charge in [-0.1, -0.05) is 12.8 Å². The van der Waals surface area contributed by atoms with Crippen molar-refractivity contribution in [1.29, 1.82) is 0 Å². The average Bonchev–Trinajstić information content (AvgIpc) is 1.68. The van der Waals surface area contributed by atoms with Crippen LogP contribution in [-0.4, -0.2) is 11.5 Å². The van der Waals surface area contributed by atoms with E-state index in [1.165, 1.54) is 0 Å². The topological polar surface area (TPSA) is 0 Å². The molecule has 0 fully saturated rings. The van der Waals surface area contributed by atoms with E-state index in [9.17, 15) is 0 Å². The van der Waals surface area contributed by atoms with Crippen molar-refractivity contribution in [1.82, 2.24) is 0 Å². The number of hydrogen-bond donors (Lipinski definition) is 0. The van der Waals surface area contributed by atoms with Crippen molar-refractivity contribution in [2.75, 3.05) is 6.26 Å². The smallest absolute Gasteiger partial charge is 0.0215 e. The van der Waals surface area contributed by atoms with Gasteiger partial charge in [-0.05, 0) is 12.7 Å². The van der Waals surface area contributed by atoms with E-state index >= 15 is 0 Å². The zero-order chi connectivity index (χ0) is 5.70. The first kappa shape index (κ1) is 6.91. The Bertz CT molecular complexity index is 70.7. The van der Waals surface area contributed by atoms with Gasteiger partial charge >= 0.3 is 0 Å². The summed E-state index contributed by atoms with van der Waals surface area (Å²) in [6, 6.07) is 0. The molecule has 1 unspecified atom stereocenters. The average molecular weight is 113 g/mol. The van der Waals surface area contributed by atoms with Crippen LogP contribution in [0.15, 0.2) is 0 Å². The summed E-state index contributed by atoms with van der Waals surface area (Å²) in [5, 5.41) is 0.567. The lowest BCUT2D eigenvalue weighted by molar-refractivity contribution is 1.01. The molecular weight excluding hydrogens is 104 g/mol. The Morgan fingerprint density at radius 3 is 2.57 bits per heavy atom. The van der Waals surface area contributed by atoms with Gasteiger partial charge < -0.3 is 0 Å². The molecule has 7 heavy (non-hydrogen) atoms. The molecular formula is C6H9S. The highest BCUT2D eigenvalue weighted by Crippen LogP contribution is 2.07. The Hall–Kier alpha value is -0.0900. The molecule has 0 amide bonds. The second-order valence-corrected chi connectivity index (χ2v) is 2.70. The normalized spacial score (nSPS) is 12.7. The lowest BCUT2D eigenvalue weighted by atomic mass is 10.3.